The SMILES string of the molecule is Cc1ccc2c(c1)c(CC(=O)Nc1ccccc1F)c(C(=O)O)n2C. The van der Waals surface area contributed by atoms with E-state index in [1.54, 1.807) is 17.7 Å². The van der Waals surface area contributed by atoms with Crippen molar-refractivity contribution in [3.63, 3.8) is 0 Å². The number of carboxylic acid groups (broad SMARTS) is 1. The third-order valence-corrected chi connectivity index (χ3v) is 4.15. The smallest absolute Gasteiger partial charge is 0.352 e. The Morgan fingerprint density at radius 3 is 2.60 bits per heavy atom. The van der Waals surface area contributed by atoms with Crippen molar-refractivity contribution in [1.29, 1.82) is 0 Å². The summed E-state index contributed by atoms with van der Waals surface area (Å²) in [5, 5.41) is 12.8. The number of benzene rings is 2. The van der Waals surface area contributed by atoms with E-state index >= 15 is 0 Å². The molecule has 3 aromatic rings. The predicted molar refractivity (Wildman–Crippen MR) is 93.3 cm³/mol. The Kier molecular flexibility index (Phi) is 4.27. The van der Waals surface area contributed by atoms with Gasteiger partial charge in [-0.2, -0.15) is 0 Å². The Morgan fingerprint density at radius 2 is 1.92 bits per heavy atom. The molecule has 1 heterocycles. The van der Waals surface area contributed by atoms with E-state index in [1.165, 1.54) is 18.2 Å². The molecule has 0 aliphatic rings. The molecule has 3 rings (SSSR count). The van der Waals surface area contributed by atoms with Crippen LogP contribution in [0, 0.1) is 12.7 Å². The Labute approximate surface area is 143 Å². The van der Waals surface area contributed by atoms with Gasteiger partial charge in [-0.25, -0.2) is 9.18 Å². The van der Waals surface area contributed by atoms with Crippen molar-refractivity contribution in [2.45, 2.75) is 13.3 Å². The van der Waals surface area contributed by atoms with Crippen LogP contribution in [0.15, 0.2) is 42.5 Å². The first kappa shape index (κ1) is 16.7. The minimum absolute atomic E-state index is 0.0595. The molecule has 0 aliphatic carbocycles. The van der Waals surface area contributed by atoms with Gasteiger partial charge in [-0.3, -0.25) is 4.79 Å². The fourth-order valence-electron chi connectivity index (χ4n) is 3.00. The molecule has 0 saturated heterocycles. The molecule has 0 saturated carbocycles. The highest BCUT2D eigenvalue weighted by molar-refractivity contribution is 6.03. The van der Waals surface area contributed by atoms with Crippen LogP contribution in [0.1, 0.15) is 21.6 Å². The molecule has 0 aliphatic heterocycles. The van der Waals surface area contributed by atoms with E-state index in [4.69, 9.17) is 0 Å². The Bertz CT molecular complexity index is 992. The number of aromatic carboxylic acids is 1. The van der Waals surface area contributed by atoms with Crippen LogP contribution in [0.25, 0.3) is 10.9 Å². The normalized spacial score (nSPS) is 10.8. The first-order valence-electron chi connectivity index (χ1n) is 7.74. The van der Waals surface area contributed by atoms with Crippen LogP contribution in [-0.2, 0) is 18.3 Å². The largest absolute Gasteiger partial charge is 0.477 e. The molecule has 0 spiro atoms. The van der Waals surface area contributed by atoms with Crippen LogP contribution < -0.4 is 5.32 Å². The number of anilines is 1. The van der Waals surface area contributed by atoms with Crippen LogP contribution in [0.5, 0.6) is 0 Å². The minimum atomic E-state index is -1.11. The second-order valence-electron chi connectivity index (χ2n) is 5.92. The summed E-state index contributed by atoms with van der Waals surface area (Å²) in [5.41, 5.74) is 2.25. The zero-order chi connectivity index (χ0) is 18.1. The highest BCUT2D eigenvalue weighted by Gasteiger charge is 2.22. The summed E-state index contributed by atoms with van der Waals surface area (Å²) in [4.78, 5) is 24.0. The van der Waals surface area contributed by atoms with E-state index in [0.29, 0.717) is 10.9 Å². The topological polar surface area (TPSA) is 71.3 Å². The number of carboxylic acids is 1. The molecule has 2 aromatic carbocycles. The van der Waals surface area contributed by atoms with Gasteiger partial charge in [0.1, 0.15) is 11.5 Å². The fraction of sp³-hybridized carbons (Fsp3) is 0.158. The first-order chi connectivity index (χ1) is 11.9. The summed E-state index contributed by atoms with van der Waals surface area (Å²) in [6.07, 6.45) is -0.156. The van der Waals surface area contributed by atoms with E-state index < -0.39 is 17.7 Å². The lowest BCUT2D eigenvalue weighted by Gasteiger charge is -2.07. The van der Waals surface area contributed by atoms with Crippen LogP contribution in [0.2, 0.25) is 0 Å². The van der Waals surface area contributed by atoms with E-state index in [1.807, 2.05) is 25.1 Å². The van der Waals surface area contributed by atoms with E-state index in [0.717, 1.165) is 11.1 Å². The Balaban J connectivity index is 2.01. The van der Waals surface area contributed by atoms with Crippen LogP contribution in [0.4, 0.5) is 10.1 Å². The second-order valence-corrected chi connectivity index (χ2v) is 5.92. The number of halogens is 1. The van der Waals surface area contributed by atoms with E-state index in [9.17, 15) is 19.1 Å². The first-order valence-corrected chi connectivity index (χ1v) is 7.74. The van der Waals surface area contributed by atoms with Gasteiger partial charge in [0.2, 0.25) is 5.91 Å². The van der Waals surface area contributed by atoms with Crippen LogP contribution >= 0.6 is 0 Å². The predicted octanol–water partition coefficient (Wildman–Crippen LogP) is 3.51. The number of hydrogen-bond acceptors (Lipinski definition) is 2. The second kappa shape index (κ2) is 6.39. The van der Waals surface area contributed by atoms with E-state index in [-0.39, 0.29) is 17.8 Å². The third-order valence-electron chi connectivity index (χ3n) is 4.15. The molecular formula is C19H17FN2O3. The van der Waals surface area contributed by atoms with Gasteiger partial charge in [-0.1, -0.05) is 23.8 Å². The molecular weight excluding hydrogens is 323 g/mol. The van der Waals surface area contributed by atoms with Crippen molar-refractivity contribution in [2.75, 3.05) is 5.32 Å². The number of amides is 1. The number of nitrogens with zero attached hydrogens (tertiary/aromatic N) is 1. The lowest BCUT2D eigenvalue weighted by atomic mass is 10.0. The Hall–Kier alpha value is -3.15. The number of fused-ring (bicyclic) bond motifs is 1. The van der Waals surface area contributed by atoms with Crippen molar-refractivity contribution < 1.29 is 19.1 Å². The zero-order valence-corrected chi connectivity index (χ0v) is 13.8. The van der Waals surface area contributed by atoms with Gasteiger partial charge in [0.05, 0.1) is 12.1 Å². The molecule has 25 heavy (non-hydrogen) atoms. The summed E-state index contributed by atoms with van der Waals surface area (Å²) in [6, 6.07) is 11.4. The van der Waals surface area contributed by atoms with Crippen molar-refractivity contribution in [3.8, 4) is 0 Å². The van der Waals surface area contributed by atoms with Gasteiger partial charge >= 0.3 is 5.97 Å². The van der Waals surface area contributed by atoms with E-state index in [2.05, 4.69) is 5.32 Å². The van der Waals surface area contributed by atoms with Gasteiger partial charge in [0, 0.05) is 23.5 Å². The number of aryl methyl sites for hydroxylation is 2. The lowest BCUT2D eigenvalue weighted by Crippen LogP contribution is -2.17. The average Bonchev–Trinajstić information content (AvgIpc) is 2.81. The number of carbonyl (C=O) groups excluding carboxylic acids is 1. The summed E-state index contributed by atoms with van der Waals surface area (Å²) in [6.45, 7) is 1.90. The fourth-order valence-corrected chi connectivity index (χ4v) is 3.00. The number of nitrogens with one attached hydrogen (secondary N) is 1. The average molecular weight is 340 g/mol. The molecule has 0 atom stereocenters. The van der Waals surface area contributed by atoms with Gasteiger partial charge < -0.3 is 15.0 Å². The molecule has 6 heteroatoms. The van der Waals surface area contributed by atoms with Gasteiger partial charge in [-0.15, -0.1) is 0 Å². The zero-order valence-electron chi connectivity index (χ0n) is 13.8. The maximum atomic E-state index is 13.7. The summed E-state index contributed by atoms with van der Waals surface area (Å²) >= 11 is 0. The standard InChI is InChI=1S/C19H17FN2O3/c1-11-7-8-16-12(9-11)13(18(19(24)25)22(16)2)10-17(23)21-15-6-4-3-5-14(15)20/h3-9H,10H2,1-2H3,(H,21,23)(H,24,25). The van der Waals surface area contributed by atoms with Crippen LogP contribution in [0.3, 0.4) is 0 Å². The number of para-hydroxylation sites is 1. The highest BCUT2D eigenvalue weighted by Crippen LogP contribution is 2.27. The molecule has 1 amide bonds. The molecule has 5 nitrogen and oxygen atoms in total. The van der Waals surface area contributed by atoms with Crippen LogP contribution in [-0.4, -0.2) is 21.6 Å². The Morgan fingerprint density at radius 1 is 1.20 bits per heavy atom. The molecule has 128 valence electrons. The van der Waals surface area contributed by atoms with Gasteiger partial charge in [-0.05, 0) is 31.2 Å². The maximum absolute atomic E-state index is 13.7. The van der Waals surface area contributed by atoms with Crippen molar-refractivity contribution in [1.82, 2.24) is 4.57 Å². The number of aromatic nitrogens is 1. The molecule has 0 bridgehead atoms. The number of carbonyl (C=O) groups is 2. The maximum Gasteiger partial charge on any atom is 0.352 e. The monoisotopic (exact) mass is 340 g/mol. The summed E-state index contributed by atoms with van der Waals surface area (Å²) in [7, 11) is 1.65. The van der Waals surface area contributed by atoms with Crippen molar-refractivity contribution in [2.24, 2.45) is 7.05 Å². The highest BCUT2D eigenvalue weighted by atomic mass is 19.1. The molecule has 0 unspecified atom stereocenters. The lowest BCUT2D eigenvalue weighted by molar-refractivity contribution is -0.115. The third kappa shape index (κ3) is 3.10. The summed E-state index contributed by atoms with van der Waals surface area (Å²) in [5.74, 6) is -2.12. The number of hydrogen-bond donors (Lipinski definition) is 2. The summed E-state index contributed by atoms with van der Waals surface area (Å²) < 4.78 is 15.3. The quantitative estimate of drug-likeness (QED) is 0.763. The minimum Gasteiger partial charge on any atom is -0.477 e. The van der Waals surface area contributed by atoms with Gasteiger partial charge in [0.25, 0.3) is 0 Å². The molecule has 2 N–H and O–H groups in total. The van der Waals surface area contributed by atoms with Gasteiger partial charge in [0.15, 0.2) is 0 Å². The molecule has 0 radical (unpaired) electrons. The molecule has 1 aromatic heterocycles. The van der Waals surface area contributed by atoms with Crippen molar-refractivity contribution in [3.05, 3.63) is 65.1 Å². The van der Waals surface area contributed by atoms with Crippen molar-refractivity contribution >= 4 is 28.5 Å². The number of rotatable bonds is 4. The molecule has 0 fully saturated rings.